The van der Waals surface area contributed by atoms with Gasteiger partial charge in [0.2, 0.25) is 5.95 Å². The molecule has 6 nitrogen and oxygen atoms in total. The molecular weight excluding hydrogens is 534 g/mol. The standard InChI is InChI=1S/C28H23F4N3O3S/c1-17-6-7-18(16-33-17)21-14-19(28(30,31)32)8-10-22(21)27(2)12-13-38-24-15-20(9-11-23(24)27)39(36,37)35-26-5-3-4-25(29)34-26/h3-11,14-16H,12-13H2,1-2H3,(H,34,35)/t27-/m0/s1. The van der Waals surface area contributed by atoms with E-state index in [0.29, 0.717) is 28.7 Å². The summed E-state index contributed by atoms with van der Waals surface area (Å²) in [5.41, 5.74) is 1.30. The van der Waals surface area contributed by atoms with Gasteiger partial charge >= 0.3 is 6.18 Å². The van der Waals surface area contributed by atoms with Crippen molar-refractivity contribution in [3.63, 3.8) is 0 Å². The summed E-state index contributed by atoms with van der Waals surface area (Å²) in [6.07, 6.45) is -2.55. The molecule has 0 aliphatic carbocycles. The number of nitrogens with one attached hydrogen (secondary N) is 1. The number of hydrogen-bond acceptors (Lipinski definition) is 5. The summed E-state index contributed by atoms with van der Waals surface area (Å²) < 4.78 is 88.5. The van der Waals surface area contributed by atoms with Gasteiger partial charge in [-0.15, -0.1) is 0 Å². The van der Waals surface area contributed by atoms with Crippen LogP contribution < -0.4 is 9.46 Å². The molecule has 0 bridgehead atoms. The number of pyridine rings is 2. The minimum absolute atomic E-state index is 0.132. The molecule has 4 aromatic rings. The normalized spacial score (nSPS) is 17.3. The molecule has 0 amide bonds. The van der Waals surface area contributed by atoms with Gasteiger partial charge in [-0.05, 0) is 60.9 Å². The highest BCUT2D eigenvalue weighted by molar-refractivity contribution is 7.92. The second-order valence-corrected chi connectivity index (χ2v) is 11.2. The Morgan fingerprint density at radius 1 is 1.00 bits per heavy atom. The van der Waals surface area contributed by atoms with Crippen molar-refractivity contribution in [1.29, 1.82) is 0 Å². The summed E-state index contributed by atoms with van der Waals surface area (Å²) in [4.78, 5) is 7.67. The molecule has 3 heterocycles. The molecule has 0 unspecified atom stereocenters. The van der Waals surface area contributed by atoms with Gasteiger partial charge in [-0.3, -0.25) is 9.71 Å². The maximum atomic E-state index is 13.7. The fraction of sp³-hybridized carbons (Fsp3) is 0.214. The van der Waals surface area contributed by atoms with E-state index in [0.717, 1.165) is 23.9 Å². The number of halogens is 4. The highest BCUT2D eigenvalue weighted by atomic mass is 32.2. The Balaban J connectivity index is 1.60. The predicted octanol–water partition coefficient (Wildman–Crippen LogP) is 6.50. The molecular formula is C28H23F4N3O3S. The molecule has 1 N–H and O–H groups in total. The van der Waals surface area contributed by atoms with Gasteiger partial charge in [0.15, 0.2) is 0 Å². The van der Waals surface area contributed by atoms with E-state index in [1.807, 2.05) is 6.92 Å². The van der Waals surface area contributed by atoms with E-state index in [4.69, 9.17) is 4.74 Å². The fourth-order valence-electron chi connectivity index (χ4n) is 4.75. The SMILES string of the molecule is Cc1ccc(-c2cc(C(F)(F)F)ccc2[C@]2(C)CCOc3cc(S(=O)(=O)Nc4cccc(F)n4)ccc32)cn1. The molecule has 2 aromatic carbocycles. The second-order valence-electron chi connectivity index (χ2n) is 9.49. The number of nitrogens with zero attached hydrogens (tertiary/aromatic N) is 2. The molecule has 1 aliphatic rings. The number of anilines is 1. The van der Waals surface area contributed by atoms with Crippen molar-refractivity contribution < 1.29 is 30.7 Å². The summed E-state index contributed by atoms with van der Waals surface area (Å²) >= 11 is 0. The smallest absolute Gasteiger partial charge is 0.416 e. The molecule has 39 heavy (non-hydrogen) atoms. The lowest BCUT2D eigenvalue weighted by atomic mass is 9.70. The summed E-state index contributed by atoms with van der Waals surface area (Å²) in [5, 5.41) is 0. The molecule has 202 valence electrons. The van der Waals surface area contributed by atoms with Crippen LogP contribution in [0.1, 0.15) is 35.7 Å². The first kappa shape index (κ1) is 26.6. The average molecular weight is 558 g/mol. The minimum Gasteiger partial charge on any atom is -0.493 e. The largest absolute Gasteiger partial charge is 0.493 e. The number of benzene rings is 2. The van der Waals surface area contributed by atoms with Crippen molar-refractivity contribution in [2.45, 2.75) is 36.8 Å². The maximum Gasteiger partial charge on any atom is 0.416 e. The molecule has 11 heteroatoms. The van der Waals surface area contributed by atoms with Crippen LogP contribution in [-0.2, 0) is 21.6 Å². The molecule has 0 saturated carbocycles. The molecule has 1 aliphatic heterocycles. The van der Waals surface area contributed by atoms with E-state index in [1.165, 1.54) is 30.3 Å². The molecule has 2 aromatic heterocycles. The second kappa shape index (κ2) is 9.64. The first-order chi connectivity index (χ1) is 18.4. The van der Waals surface area contributed by atoms with Crippen molar-refractivity contribution >= 4 is 15.8 Å². The van der Waals surface area contributed by atoms with E-state index in [9.17, 15) is 26.0 Å². The van der Waals surface area contributed by atoms with Crippen LogP contribution in [0.5, 0.6) is 5.75 Å². The number of aromatic nitrogens is 2. The Labute approximate surface area is 222 Å². The zero-order chi connectivity index (χ0) is 28.0. The third kappa shape index (κ3) is 5.18. The monoisotopic (exact) mass is 557 g/mol. The topological polar surface area (TPSA) is 81.2 Å². The van der Waals surface area contributed by atoms with Gasteiger partial charge < -0.3 is 4.74 Å². The maximum absolute atomic E-state index is 13.7. The van der Waals surface area contributed by atoms with Gasteiger partial charge in [0, 0.05) is 34.5 Å². The van der Waals surface area contributed by atoms with E-state index < -0.39 is 33.1 Å². The van der Waals surface area contributed by atoms with Crippen LogP contribution in [0.25, 0.3) is 11.1 Å². The van der Waals surface area contributed by atoms with Crippen molar-refractivity contribution in [1.82, 2.24) is 9.97 Å². The molecule has 0 spiro atoms. The Morgan fingerprint density at radius 3 is 2.46 bits per heavy atom. The zero-order valence-electron chi connectivity index (χ0n) is 20.9. The third-order valence-electron chi connectivity index (χ3n) is 6.84. The van der Waals surface area contributed by atoms with Gasteiger partial charge in [0.25, 0.3) is 10.0 Å². The minimum atomic E-state index is -4.54. The number of sulfonamides is 1. The van der Waals surface area contributed by atoms with Gasteiger partial charge in [-0.2, -0.15) is 17.6 Å². The van der Waals surface area contributed by atoms with Gasteiger partial charge in [0.05, 0.1) is 17.1 Å². The van der Waals surface area contributed by atoms with Crippen molar-refractivity contribution in [2.24, 2.45) is 0 Å². The van der Waals surface area contributed by atoms with E-state index >= 15 is 0 Å². The first-order valence-electron chi connectivity index (χ1n) is 11.9. The third-order valence-corrected chi connectivity index (χ3v) is 8.19. The summed E-state index contributed by atoms with van der Waals surface area (Å²) in [7, 11) is -4.14. The van der Waals surface area contributed by atoms with Crippen molar-refractivity contribution in [3.8, 4) is 16.9 Å². The van der Waals surface area contributed by atoms with E-state index in [2.05, 4.69) is 14.7 Å². The lowest BCUT2D eigenvalue weighted by Crippen LogP contribution is -2.32. The van der Waals surface area contributed by atoms with Crippen molar-refractivity contribution in [3.05, 3.63) is 101 Å². The number of rotatable bonds is 5. The fourth-order valence-corrected chi connectivity index (χ4v) is 5.77. The quantitative estimate of drug-likeness (QED) is 0.224. The van der Waals surface area contributed by atoms with Gasteiger partial charge in [-0.1, -0.05) is 31.2 Å². The van der Waals surface area contributed by atoms with Gasteiger partial charge in [0.1, 0.15) is 11.6 Å². The molecule has 0 saturated heterocycles. The number of hydrogen-bond donors (Lipinski definition) is 1. The Kier molecular flexibility index (Phi) is 6.58. The Morgan fingerprint density at radius 2 is 1.77 bits per heavy atom. The number of alkyl halides is 3. The highest BCUT2D eigenvalue weighted by Gasteiger charge is 2.39. The summed E-state index contributed by atoms with van der Waals surface area (Å²) in [6.45, 7) is 3.89. The number of fused-ring (bicyclic) bond motifs is 1. The lowest BCUT2D eigenvalue weighted by Gasteiger charge is -2.38. The van der Waals surface area contributed by atoms with Crippen LogP contribution in [0.4, 0.5) is 23.4 Å². The Bertz CT molecular complexity index is 1660. The zero-order valence-corrected chi connectivity index (χ0v) is 21.7. The van der Waals surface area contributed by atoms with Crippen LogP contribution >= 0.6 is 0 Å². The predicted molar refractivity (Wildman–Crippen MR) is 137 cm³/mol. The first-order valence-corrected chi connectivity index (χ1v) is 13.4. The van der Waals surface area contributed by atoms with Crippen molar-refractivity contribution in [2.75, 3.05) is 11.3 Å². The molecule has 5 rings (SSSR count). The summed E-state index contributed by atoms with van der Waals surface area (Å²) in [6, 6.07) is 15.2. The summed E-state index contributed by atoms with van der Waals surface area (Å²) in [5.74, 6) is -0.734. The Hall–Kier alpha value is -3.99. The number of aryl methyl sites for hydroxylation is 1. The average Bonchev–Trinajstić information content (AvgIpc) is 2.88. The highest BCUT2D eigenvalue weighted by Crippen LogP contribution is 2.48. The lowest BCUT2D eigenvalue weighted by molar-refractivity contribution is -0.137. The van der Waals surface area contributed by atoms with E-state index in [1.54, 1.807) is 31.3 Å². The molecule has 0 radical (unpaired) electrons. The van der Waals surface area contributed by atoms with Crippen LogP contribution in [0.2, 0.25) is 0 Å². The van der Waals surface area contributed by atoms with Crippen LogP contribution in [-0.4, -0.2) is 25.0 Å². The van der Waals surface area contributed by atoms with Gasteiger partial charge in [-0.25, -0.2) is 13.4 Å². The van der Waals surface area contributed by atoms with E-state index in [-0.39, 0.29) is 23.1 Å². The van der Waals surface area contributed by atoms with Crippen LogP contribution in [0.15, 0.2) is 77.8 Å². The van der Waals surface area contributed by atoms with Crippen LogP contribution in [0, 0.1) is 12.9 Å². The van der Waals surface area contributed by atoms with Crippen LogP contribution in [0.3, 0.4) is 0 Å². The molecule has 0 fully saturated rings. The number of ether oxygens (including phenoxy) is 1. The molecule has 1 atom stereocenters.